The van der Waals surface area contributed by atoms with Crippen molar-refractivity contribution in [3.8, 4) is 0 Å². The predicted molar refractivity (Wildman–Crippen MR) is 86.8 cm³/mol. The van der Waals surface area contributed by atoms with Gasteiger partial charge in [0.25, 0.3) is 0 Å². The molecule has 1 heterocycles. The summed E-state index contributed by atoms with van der Waals surface area (Å²) < 4.78 is 16.1. The minimum atomic E-state index is -0.218. The minimum absolute atomic E-state index is 0.136. The number of benzene rings is 1. The summed E-state index contributed by atoms with van der Waals surface area (Å²) in [7, 11) is 1.93. The fourth-order valence-electron chi connectivity index (χ4n) is 2.58. The van der Waals surface area contributed by atoms with Gasteiger partial charge in [0.05, 0.1) is 10.2 Å². The van der Waals surface area contributed by atoms with Crippen LogP contribution >= 0.6 is 15.9 Å². The molecule has 0 radical (unpaired) electrons. The van der Waals surface area contributed by atoms with E-state index in [0.29, 0.717) is 4.47 Å². The first-order valence-electron chi connectivity index (χ1n) is 7.25. The highest BCUT2D eigenvalue weighted by molar-refractivity contribution is 9.10. The van der Waals surface area contributed by atoms with Gasteiger partial charge in [0.2, 0.25) is 0 Å². The molecule has 0 fully saturated rings. The molecule has 114 valence electrons. The Morgan fingerprint density at radius 1 is 1.38 bits per heavy atom. The predicted octanol–water partition coefficient (Wildman–Crippen LogP) is 3.78. The minimum Gasteiger partial charge on any atom is -0.310 e. The van der Waals surface area contributed by atoms with E-state index in [1.54, 1.807) is 6.07 Å². The van der Waals surface area contributed by atoms with E-state index in [1.807, 2.05) is 17.8 Å². The van der Waals surface area contributed by atoms with Gasteiger partial charge in [-0.1, -0.05) is 26.0 Å². The van der Waals surface area contributed by atoms with Gasteiger partial charge in [-0.05, 0) is 46.9 Å². The Bertz CT molecular complexity index is 610. The van der Waals surface area contributed by atoms with Crippen molar-refractivity contribution in [3.63, 3.8) is 0 Å². The Labute approximate surface area is 133 Å². The van der Waals surface area contributed by atoms with Crippen LogP contribution in [0.2, 0.25) is 0 Å². The summed E-state index contributed by atoms with van der Waals surface area (Å²) in [4.78, 5) is 0. The zero-order valence-electron chi connectivity index (χ0n) is 12.7. The lowest BCUT2D eigenvalue weighted by atomic mass is 9.98. The van der Waals surface area contributed by atoms with Crippen molar-refractivity contribution < 1.29 is 4.39 Å². The molecule has 2 rings (SSSR count). The van der Waals surface area contributed by atoms with Gasteiger partial charge in [0.1, 0.15) is 5.82 Å². The third-order valence-electron chi connectivity index (χ3n) is 3.55. The molecule has 0 saturated carbocycles. The van der Waals surface area contributed by atoms with Gasteiger partial charge < -0.3 is 5.32 Å². The van der Waals surface area contributed by atoms with Crippen LogP contribution in [0.5, 0.6) is 0 Å². The van der Waals surface area contributed by atoms with Crippen LogP contribution in [0.1, 0.15) is 36.7 Å². The number of hydrogen-bond acceptors (Lipinski definition) is 2. The lowest BCUT2D eigenvalue weighted by molar-refractivity contribution is 0.541. The summed E-state index contributed by atoms with van der Waals surface area (Å²) in [5.41, 5.74) is 3.25. The van der Waals surface area contributed by atoms with E-state index in [0.717, 1.165) is 30.6 Å². The number of likely N-dealkylation sites (N-methyl/N-ethyl adjacent to an activating group) is 1. The fraction of sp³-hybridized carbons (Fsp3) is 0.438. The summed E-state index contributed by atoms with van der Waals surface area (Å²) in [6, 6.07) is 5.32. The molecular weight excluding hydrogens is 333 g/mol. The van der Waals surface area contributed by atoms with Gasteiger partial charge in [-0.25, -0.2) is 4.39 Å². The fourth-order valence-corrected chi connectivity index (χ4v) is 3.01. The second kappa shape index (κ2) is 7.18. The number of aryl methyl sites for hydroxylation is 2. The number of hydrogen-bond donors (Lipinski definition) is 1. The average Bonchev–Trinajstić information content (AvgIpc) is 2.84. The van der Waals surface area contributed by atoms with Crippen molar-refractivity contribution in [1.29, 1.82) is 0 Å². The van der Waals surface area contributed by atoms with Crippen LogP contribution in [0.4, 0.5) is 4.39 Å². The number of aromatic nitrogens is 2. The molecule has 1 unspecified atom stereocenters. The molecule has 5 heteroatoms. The lowest BCUT2D eigenvalue weighted by Crippen LogP contribution is -2.23. The SMILES string of the molecule is CCNC(Cc1cccc(F)c1Br)c1cn(C)nc1CC. The van der Waals surface area contributed by atoms with E-state index >= 15 is 0 Å². The van der Waals surface area contributed by atoms with Gasteiger partial charge in [0.15, 0.2) is 0 Å². The second-order valence-corrected chi connectivity index (χ2v) is 5.88. The maximum absolute atomic E-state index is 13.7. The molecule has 1 atom stereocenters. The molecule has 2 aromatic rings. The summed E-state index contributed by atoms with van der Waals surface area (Å²) in [5, 5.41) is 7.99. The van der Waals surface area contributed by atoms with E-state index < -0.39 is 0 Å². The van der Waals surface area contributed by atoms with Crippen LogP contribution in [0.25, 0.3) is 0 Å². The molecule has 0 aliphatic heterocycles. The quantitative estimate of drug-likeness (QED) is 0.856. The molecule has 3 nitrogen and oxygen atoms in total. The highest BCUT2D eigenvalue weighted by atomic mass is 79.9. The van der Waals surface area contributed by atoms with E-state index in [4.69, 9.17) is 0 Å². The van der Waals surface area contributed by atoms with Crippen molar-refractivity contribution in [2.24, 2.45) is 7.05 Å². The number of halogens is 2. The Hall–Kier alpha value is -1.20. The molecule has 0 aliphatic carbocycles. The molecule has 0 spiro atoms. The number of rotatable bonds is 6. The number of nitrogens with one attached hydrogen (secondary N) is 1. The van der Waals surface area contributed by atoms with Gasteiger partial charge in [-0.3, -0.25) is 4.68 Å². The zero-order valence-corrected chi connectivity index (χ0v) is 14.2. The standard InChI is InChI=1S/C16H21BrFN3/c1-4-14-12(10-21(3)20-14)15(19-5-2)9-11-7-6-8-13(18)16(11)17/h6-8,10,15,19H,4-5,9H2,1-3H3. The molecule has 0 saturated heterocycles. The van der Waals surface area contributed by atoms with E-state index in [9.17, 15) is 4.39 Å². The highest BCUT2D eigenvalue weighted by Gasteiger charge is 2.19. The van der Waals surface area contributed by atoms with Crippen LogP contribution in [-0.4, -0.2) is 16.3 Å². The van der Waals surface area contributed by atoms with Gasteiger partial charge in [0, 0.05) is 24.8 Å². The first-order valence-corrected chi connectivity index (χ1v) is 8.04. The monoisotopic (exact) mass is 353 g/mol. The Balaban J connectivity index is 2.32. The molecule has 0 aliphatic rings. The van der Waals surface area contributed by atoms with Crippen LogP contribution < -0.4 is 5.32 Å². The van der Waals surface area contributed by atoms with Gasteiger partial charge >= 0.3 is 0 Å². The van der Waals surface area contributed by atoms with Crippen molar-refractivity contribution in [1.82, 2.24) is 15.1 Å². The van der Waals surface area contributed by atoms with Crippen molar-refractivity contribution in [2.75, 3.05) is 6.54 Å². The maximum atomic E-state index is 13.7. The molecule has 0 amide bonds. The smallest absolute Gasteiger partial charge is 0.137 e. The third kappa shape index (κ3) is 3.71. The Morgan fingerprint density at radius 3 is 2.81 bits per heavy atom. The summed E-state index contributed by atoms with van der Waals surface area (Å²) in [6.45, 7) is 5.04. The van der Waals surface area contributed by atoms with Crippen LogP contribution in [0.3, 0.4) is 0 Å². The van der Waals surface area contributed by atoms with Crippen LogP contribution in [-0.2, 0) is 19.9 Å². The van der Waals surface area contributed by atoms with Crippen LogP contribution in [0, 0.1) is 5.82 Å². The van der Waals surface area contributed by atoms with E-state index in [1.165, 1.54) is 11.6 Å². The normalized spacial score (nSPS) is 12.6. The zero-order chi connectivity index (χ0) is 15.4. The van der Waals surface area contributed by atoms with E-state index in [2.05, 4.69) is 46.4 Å². The number of nitrogens with zero attached hydrogens (tertiary/aromatic N) is 2. The van der Waals surface area contributed by atoms with Crippen molar-refractivity contribution in [3.05, 3.63) is 51.5 Å². The van der Waals surface area contributed by atoms with E-state index in [-0.39, 0.29) is 11.9 Å². The maximum Gasteiger partial charge on any atom is 0.137 e. The van der Waals surface area contributed by atoms with Gasteiger partial charge in [-0.2, -0.15) is 5.10 Å². The summed E-state index contributed by atoms with van der Waals surface area (Å²) in [5.74, 6) is -0.218. The average molecular weight is 354 g/mol. The summed E-state index contributed by atoms with van der Waals surface area (Å²) >= 11 is 3.35. The highest BCUT2D eigenvalue weighted by Crippen LogP contribution is 2.27. The van der Waals surface area contributed by atoms with Crippen molar-refractivity contribution >= 4 is 15.9 Å². The molecular formula is C16H21BrFN3. The molecule has 1 aromatic carbocycles. The topological polar surface area (TPSA) is 29.9 Å². The first kappa shape index (κ1) is 16.2. The Kier molecular flexibility index (Phi) is 5.53. The molecule has 0 bridgehead atoms. The molecule has 21 heavy (non-hydrogen) atoms. The van der Waals surface area contributed by atoms with Crippen LogP contribution in [0.15, 0.2) is 28.9 Å². The molecule has 1 aromatic heterocycles. The van der Waals surface area contributed by atoms with Gasteiger partial charge in [-0.15, -0.1) is 0 Å². The largest absolute Gasteiger partial charge is 0.310 e. The second-order valence-electron chi connectivity index (χ2n) is 5.09. The van der Waals surface area contributed by atoms with Crippen molar-refractivity contribution in [2.45, 2.75) is 32.7 Å². The Morgan fingerprint density at radius 2 is 2.14 bits per heavy atom. The lowest BCUT2D eigenvalue weighted by Gasteiger charge is -2.19. The summed E-state index contributed by atoms with van der Waals surface area (Å²) in [6.07, 6.45) is 3.67. The molecule has 1 N–H and O–H groups in total. The third-order valence-corrected chi connectivity index (χ3v) is 4.44. The first-order chi connectivity index (χ1) is 10.1.